The van der Waals surface area contributed by atoms with Crippen LogP contribution >= 0.6 is 0 Å². The molecule has 0 amide bonds. The highest BCUT2D eigenvalue weighted by molar-refractivity contribution is 7.86. The van der Waals surface area contributed by atoms with Crippen LogP contribution in [0.15, 0.2) is 179 Å². The van der Waals surface area contributed by atoms with Crippen LogP contribution in [0.25, 0.3) is 10.8 Å². The van der Waals surface area contributed by atoms with Gasteiger partial charge in [-0.25, -0.2) is 0 Å². The van der Waals surface area contributed by atoms with Gasteiger partial charge in [0.25, 0.3) is 10.1 Å². The first-order valence-corrected chi connectivity index (χ1v) is 22.5. The first kappa shape index (κ1) is 49.0. The largest absolute Gasteiger partial charge is 0.505 e. The van der Waals surface area contributed by atoms with Crippen molar-refractivity contribution in [3.8, 4) is 5.75 Å². The predicted molar refractivity (Wildman–Crippen MR) is 246 cm³/mol. The van der Waals surface area contributed by atoms with E-state index in [4.69, 9.17) is 25.3 Å². The molecule has 0 saturated heterocycles. The second-order valence-electron chi connectivity index (χ2n) is 13.9. The Bertz CT molecular complexity index is 3370. The smallest absolute Gasteiger partial charge is 0.425 e. The van der Waals surface area contributed by atoms with Gasteiger partial charge in [-0.05, 0) is 152 Å². The molecule has 0 fully saturated rings. The van der Waals surface area contributed by atoms with E-state index in [0.717, 1.165) is 39.0 Å². The summed E-state index contributed by atoms with van der Waals surface area (Å²) < 4.78 is 83.5. The molecule has 3 N–H and O–H groups in total. The van der Waals surface area contributed by atoms with Gasteiger partial charge >= 0.3 is 21.2 Å². The van der Waals surface area contributed by atoms with Crippen molar-refractivity contribution in [1.82, 2.24) is 0 Å². The fourth-order valence-corrected chi connectivity index (χ4v) is 6.60. The van der Waals surface area contributed by atoms with Gasteiger partial charge in [-0.3, -0.25) is 4.55 Å². The molecule has 7 aromatic carbocycles. The Morgan fingerprint density at radius 3 is 1.42 bits per heavy atom. The Balaban J connectivity index is 0.000000945. The molecule has 7 aromatic rings. The Morgan fingerprint density at radius 2 is 0.879 bits per heavy atom. The number of rotatable bonds is 11. The van der Waals surface area contributed by atoms with Crippen LogP contribution in [0.2, 0.25) is 0 Å². The van der Waals surface area contributed by atoms with Gasteiger partial charge < -0.3 is 10.4 Å². The highest BCUT2D eigenvalue weighted by Gasteiger charge is 2.15. The Morgan fingerprint density at radius 1 is 0.439 bits per heavy atom. The van der Waals surface area contributed by atoms with Crippen LogP contribution in [0.4, 0.5) is 56.9 Å². The maximum absolute atomic E-state index is 11.7. The molecule has 336 valence electrons. The van der Waals surface area contributed by atoms with Crippen LogP contribution < -0.4 is 5.32 Å². The lowest BCUT2D eigenvalue weighted by Crippen LogP contribution is -1.97. The number of para-hydroxylation sites is 1. The minimum absolute atomic E-state index is 0.0284. The number of benzene rings is 7. The lowest BCUT2D eigenvalue weighted by molar-refractivity contribution is 0.482. The zero-order valence-electron chi connectivity index (χ0n) is 35.2. The van der Waals surface area contributed by atoms with Crippen molar-refractivity contribution < 1.29 is 43.3 Å². The Kier molecular flexibility index (Phi) is 16.7. The second kappa shape index (κ2) is 22.5. The second-order valence-corrected chi connectivity index (χ2v) is 16.1. The van der Waals surface area contributed by atoms with Gasteiger partial charge in [-0.2, -0.15) is 39.1 Å². The summed E-state index contributed by atoms with van der Waals surface area (Å²) in [7, 11) is -10.7. The molecule has 19 nitrogen and oxygen atoms in total. The van der Waals surface area contributed by atoms with Gasteiger partial charge in [0.1, 0.15) is 16.3 Å². The predicted octanol–water partition coefficient (Wildman–Crippen LogP) is 12.4. The van der Waals surface area contributed by atoms with Gasteiger partial charge in [0.15, 0.2) is 5.75 Å². The average molecular weight is 948 g/mol. The number of fused-ring (bicyclic) bond motifs is 1. The minimum Gasteiger partial charge on any atom is -0.505 e. The van der Waals surface area contributed by atoms with Gasteiger partial charge in [0.05, 0.1) is 34.1 Å². The van der Waals surface area contributed by atoms with Gasteiger partial charge in [0, 0.05) is 16.8 Å². The van der Waals surface area contributed by atoms with Crippen LogP contribution in [0, 0.1) is 27.7 Å². The number of aryl methyl sites for hydroxylation is 4. The molecule has 0 radical (unpaired) electrons. The Hall–Kier alpha value is -8.05. The molecule has 0 aliphatic carbocycles. The van der Waals surface area contributed by atoms with Crippen molar-refractivity contribution in [2.75, 3.05) is 5.32 Å². The fraction of sp³-hybridized carbons (Fsp3) is 0.0909. The summed E-state index contributed by atoms with van der Waals surface area (Å²) in [6, 6.07) is 39.6. The van der Waals surface area contributed by atoms with Crippen molar-refractivity contribution in [2.24, 2.45) is 40.9 Å². The molecule has 0 aromatic heterocycles. The third-order valence-electron chi connectivity index (χ3n) is 9.13. The summed E-state index contributed by atoms with van der Waals surface area (Å²) in [5.41, 5.74) is 9.33. The molecule has 22 heteroatoms. The first-order chi connectivity index (χ1) is 31.4. The van der Waals surface area contributed by atoms with Gasteiger partial charge in [-0.15, -0.1) is 35.5 Å². The summed E-state index contributed by atoms with van der Waals surface area (Å²) in [6.45, 7) is 7.59. The van der Waals surface area contributed by atoms with Crippen molar-refractivity contribution in [1.29, 1.82) is 0 Å². The third kappa shape index (κ3) is 14.2. The number of phenolic OH excluding ortho intramolecular Hbond substituents is 1. The molecule has 7 rings (SSSR count). The number of hydrogen-bond donors (Lipinski definition) is 3. The van der Waals surface area contributed by atoms with Crippen LogP contribution in [0.3, 0.4) is 0 Å². The van der Waals surface area contributed by atoms with E-state index in [1.807, 2.05) is 113 Å². The van der Waals surface area contributed by atoms with Gasteiger partial charge in [0.2, 0.25) is 0 Å². The fourth-order valence-electron chi connectivity index (χ4n) is 5.97. The van der Waals surface area contributed by atoms with Crippen LogP contribution in [-0.2, 0) is 31.3 Å². The minimum atomic E-state index is -4.44. The highest BCUT2D eigenvalue weighted by atomic mass is 32.2. The van der Waals surface area contributed by atoms with E-state index in [2.05, 4.69) is 46.2 Å². The normalized spacial score (nSPS) is 11.4. The molecule has 0 aliphatic heterocycles. The van der Waals surface area contributed by atoms with Crippen molar-refractivity contribution in [3.63, 3.8) is 0 Å². The summed E-state index contributed by atoms with van der Waals surface area (Å²) in [6.07, 6.45) is 0. The zero-order chi connectivity index (χ0) is 48.0. The summed E-state index contributed by atoms with van der Waals surface area (Å²) in [5.74, 6) is 0.0601. The number of azo groups is 4. The molecular formula is C44H37N9O10S3. The maximum atomic E-state index is 11.7. The van der Waals surface area contributed by atoms with Gasteiger partial charge in [-0.1, -0.05) is 36.4 Å². The molecule has 0 heterocycles. The van der Waals surface area contributed by atoms with E-state index >= 15 is 0 Å². The van der Waals surface area contributed by atoms with Crippen molar-refractivity contribution in [2.45, 2.75) is 32.6 Å². The van der Waals surface area contributed by atoms with E-state index < -0.39 is 31.3 Å². The maximum Gasteiger partial charge on any atom is 0.425 e. The lowest BCUT2D eigenvalue weighted by atomic mass is 10.1. The number of hydrogen-bond acceptors (Lipinski definition) is 18. The topological polar surface area (TPSA) is 288 Å². The Labute approximate surface area is 381 Å². The van der Waals surface area contributed by atoms with E-state index in [1.165, 1.54) is 18.2 Å². The lowest BCUT2D eigenvalue weighted by Gasteiger charge is -2.09. The monoisotopic (exact) mass is 947 g/mol. The molecule has 0 saturated carbocycles. The molecule has 0 spiro atoms. The molecule has 0 atom stereocenters. The molecule has 0 unspecified atom stereocenters. The van der Waals surface area contributed by atoms with Crippen molar-refractivity contribution >= 4 is 99.0 Å². The highest BCUT2D eigenvalue weighted by Crippen LogP contribution is 2.39. The van der Waals surface area contributed by atoms with E-state index in [-0.39, 0.29) is 16.3 Å². The van der Waals surface area contributed by atoms with Crippen LogP contribution in [0.1, 0.15) is 22.3 Å². The number of phenols is 1. The number of nitrogens with one attached hydrogen (secondary N) is 1. The van der Waals surface area contributed by atoms with E-state index in [9.17, 15) is 18.1 Å². The summed E-state index contributed by atoms with van der Waals surface area (Å²) in [4.78, 5) is -0.323. The SMILES string of the molecule is Cc1cc(N=Nc2cc(C)c(N=Nc3ccc4cc(Nc5ccccc5)ccc4c3O)cc2C)ccc1N=Nc1ccc(N=Nc2ccccc2S(=O)(=O)O)c(C)c1.O=S(=O)=O.O=S(=O)=O. The van der Waals surface area contributed by atoms with Crippen LogP contribution in [-0.4, -0.2) is 43.3 Å². The number of anilines is 2. The molecule has 66 heavy (non-hydrogen) atoms. The quantitative estimate of drug-likeness (QED) is 0.0809. The molecule has 0 aliphatic rings. The zero-order valence-corrected chi connectivity index (χ0v) is 37.6. The average Bonchev–Trinajstić information content (AvgIpc) is 3.26. The van der Waals surface area contributed by atoms with E-state index in [0.29, 0.717) is 45.2 Å². The number of nitrogens with zero attached hydrogens (tertiary/aromatic N) is 8. The summed E-state index contributed by atoms with van der Waals surface area (Å²) in [5, 5.41) is 50.8. The summed E-state index contributed by atoms with van der Waals surface area (Å²) >= 11 is 0. The molecular weight excluding hydrogens is 911 g/mol. The van der Waals surface area contributed by atoms with Crippen LogP contribution in [0.5, 0.6) is 5.75 Å². The van der Waals surface area contributed by atoms with Crippen molar-refractivity contribution in [3.05, 3.63) is 156 Å². The molecule has 0 bridgehead atoms. The number of aromatic hydroxyl groups is 1. The van der Waals surface area contributed by atoms with E-state index in [1.54, 1.807) is 30.3 Å². The third-order valence-corrected chi connectivity index (χ3v) is 10.0. The standard InChI is InChI=1S/C44H37N9O4S.2O3S/c1-27-22-35(16-20-37(27)48-46-34-17-21-38(28(2)23-34)49-50-39-12-8-9-13-43(39)58(55,56)57)47-52-41-24-30(4)42(25-29(41)3)53-51-40-19-14-31-26-33(15-18-36(31)44(40)54)45-32-10-6-5-7-11-32;2*1-4(2)3/h5-26,45,54H,1-4H3,(H,55,56,57);;. The first-order valence-electron chi connectivity index (χ1n) is 19.1.